The molecule has 0 unspecified atom stereocenters. The van der Waals surface area contributed by atoms with Crippen molar-refractivity contribution in [1.82, 2.24) is 0 Å². The van der Waals surface area contributed by atoms with Crippen molar-refractivity contribution in [3.63, 3.8) is 0 Å². The van der Waals surface area contributed by atoms with E-state index >= 15 is 0 Å². The first-order valence-corrected chi connectivity index (χ1v) is 6.33. The number of aldehydes is 1. The molecule has 0 spiro atoms. The lowest BCUT2D eigenvalue weighted by Gasteiger charge is -2.03. The van der Waals surface area contributed by atoms with E-state index in [1.807, 2.05) is 0 Å². The van der Waals surface area contributed by atoms with Gasteiger partial charge in [-0.3, -0.25) is 4.79 Å². The van der Waals surface area contributed by atoms with Gasteiger partial charge in [-0.2, -0.15) is 0 Å². The molecule has 0 fully saturated rings. The molecule has 86 valence electrons. The van der Waals surface area contributed by atoms with Crippen LogP contribution in [0.15, 0.2) is 23.1 Å². The minimum atomic E-state index is -3.92. The van der Waals surface area contributed by atoms with Gasteiger partial charge in [0.05, 0.1) is 17.6 Å². The van der Waals surface area contributed by atoms with Crippen LogP contribution in [0.5, 0.6) is 0 Å². The minimum Gasteiger partial charge on any atom is -0.465 e. The number of methoxy groups -OCH3 is 1. The lowest BCUT2D eigenvalue weighted by Crippen LogP contribution is -2.06. The molecule has 0 aliphatic heterocycles. The Morgan fingerprint density at radius 3 is 2.50 bits per heavy atom. The highest BCUT2D eigenvalue weighted by molar-refractivity contribution is 8.13. The van der Waals surface area contributed by atoms with E-state index in [-0.39, 0.29) is 16.0 Å². The first-order chi connectivity index (χ1) is 7.40. The molecule has 0 aliphatic rings. The van der Waals surface area contributed by atoms with Gasteiger partial charge in [0.25, 0.3) is 9.05 Å². The second-order valence-corrected chi connectivity index (χ2v) is 5.36. The fourth-order valence-electron chi connectivity index (χ4n) is 1.09. The SMILES string of the molecule is COC(=O)c1ccc(S(=O)(=O)Cl)cc1C=O. The molecule has 0 atom stereocenters. The molecule has 0 amide bonds. The van der Waals surface area contributed by atoms with Crippen molar-refractivity contribution < 1.29 is 22.7 Å². The summed E-state index contributed by atoms with van der Waals surface area (Å²) >= 11 is 0. The zero-order valence-electron chi connectivity index (χ0n) is 8.14. The number of benzene rings is 1. The summed E-state index contributed by atoms with van der Waals surface area (Å²) in [5, 5.41) is 0. The van der Waals surface area contributed by atoms with Gasteiger partial charge in [0.2, 0.25) is 0 Å². The number of rotatable bonds is 3. The Bertz CT molecular complexity index is 535. The summed E-state index contributed by atoms with van der Waals surface area (Å²) in [4.78, 5) is 21.6. The highest BCUT2D eigenvalue weighted by Gasteiger charge is 2.16. The van der Waals surface area contributed by atoms with E-state index in [1.54, 1.807) is 0 Å². The molecule has 16 heavy (non-hydrogen) atoms. The zero-order valence-corrected chi connectivity index (χ0v) is 9.71. The van der Waals surface area contributed by atoms with Crippen molar-refractivity contribution in [3.8, 4) is 0 Å². The van der Waals surface area contributed by atoms with Crippen LogP contribution >= 0.6 is 10.7 Å². The van der Waals surface area contributed by atoms with Crippen LogP contribution in [0.2, 0.25) is 0 Å². The molecule has 0 aliphatic carbocycles. The van der Waals surface area contributed by atoms with Gasteiger partial charge in [-0.15, -0.1) is 0 Å². The summed E-state index contributed by atoms with van der Waals surface area (Å²) in [6, 6.07) is 3.31. The molecule has 0 aromatic heterocycles. The molecular weight excluding hydrogens is 256 g/mol. The maximum Gasteiger partial charge on any atom is 0.338 e. The van der Waals surface area contributed by atoms with Crippen LogP contribution in [-0.2, 0) is 13.8 Å². The van der Waals surface area contributed by atoms with Crippen molar-refractivity contribution in [2.24, 2.45) is 0 Å². The van der Waals surface area contributed by atoms with Crippen molar-refractivity contribution in [1.29, 1.82) is 0 Å². The van der Waals surface area contributed by atoms with Crippen LogP contribution in [0.25, 0.3) is 0 Å². The molecule has 0 N–H and O–H groups in total. The van der Waals surface area contributed by atoms with E-state index in [0.29, 0.717) is 6.29 Å². The average molecular weight is 263 g/mol. The summed E-state index contributed by atoms with van der Waals surface area (Å²) in [6.45, 7) is 0. The molecule has 1 aromatic rings. The van der Waals surface area contributed by atoms with E-state index in [9.17, 15) is 18.0 Å². The zero-order chi connectivity index (χ0) is 12.3. The molecule has 0 heterocycles. The summed E-state index contributed by atoms with van der Waals surface area (Å²) in [6.07, 6.45) is 0.359. The maximum absolute atomic E-state index is 11.2. The summed E-state index contributed by atoms with van der Waals surface area (Å²) in [7, 11) is 2.33. The smallest absolute Gasteiger partial charge is 0.338 e. The van der Waals surface area contributed by atoms with Crippen molar-refractivity contribution in [2.45, 2.75) is 4.90 Å². The van der Waals surface area contributed by atoms with Crippen LogP contribution in [0, 0.1) is 0 Å². The van der Waals surface area contributed by atoms with Crippen LogP contribution in [-0.4, -0.2) is 27.8 Å². The molecule has 0 radical (unpaired) electrons. The second-order valence-electron chi connectivity index (χ2n) is 2.80. The number of halogens is 1. The van der Waals surface area contributed by atoms with Gasteiger partial charge in [0, 0.05) is 16.2 Å². The summed E-state index contributed by atoms with van der Waals surface area (Å²) in [5.41, 5.74) is -0.102. The number of hydrogen-bond acceptors (Lipinski definition) is 5. The fourth-order valence-corrected chi connectivity index (χ4v) is 1.87. The Balaban J connectivity index is 3.39. The standard InChI is InChI=1S/C9H7ClO5S/c1-15-9(12)8-3-2-7(16(10,13)14)4-6(8)5-11/h2-5H,1H3. The van der Waals surface area contributed by atoms with Gasteiger partial charge in [-0.25, -0.2) is 13.2 Å². The third-order valence-electron chi connectivity index (χ3n) is 1.84. The van der Waals surface area contributed by atoms with Gasteiger partial charge in [0.15, 0.2) is 6.29 Å². The quantitative estimate of drug-likeness (QED) is 0.465. The lowest BCUT2D eigenvalue weighted by molar-refractivity contribution is 0.0598. The lowest BCUT2D eigenvalue weighted by atomic mass is 10.1. The molecule has 5 nitrogen and oxygen atoms in total. The Labute approximate surface area is 96.4 Å². The normalized spacial score (nSPS) is 10.9. The average Bonchev–Trinajstić information content (AvgIpc) is 2.26. The van der Waals surface area contributed by atoms with Crippen LogP contribution in [0.1, 0.15) is 20.7 Å². The van der Waals surface area contributed by atoms with Crippen LogP contribution in [0.3, 0.4) is 0 Å². The van der Waals surface area contributed by atoms with Gasteiger partial charge >= 0.3 is 5.97 Å². The Hall–Kier alpha value is -1.40. The molecular formula is C9H7ClO5S. The van der Waals surface area contributed by atoms with Gasteiger partial charge < -0.3 is 4.74 Å². The number of carbonyl (C=O) groups is 2. The Morgan fingerprint density at radius 2 is 2.06 bits per heavy atom. The topological polar surface area (TPSA) is 77.5 Å². The van der Waals surface area contributed by atoms with E-state index in [2.05, 4.69) is 4.74 Å². The number of ether oxygens (including phenoxy) is 1. The summed E-state index contributed by atoms with van der Waals surface area (Å²) < 4.78 is 26.4. The van der Waals surface area contributed by atoms with Crippen molar-refractivity contribution >= 4 is 32.0 Å². The first kappa shape index (κ1) is 12.7. The molecule has 0 saturated heterocycles. The van der Waals surface area contributed by atoms with E-state index in [4.69, 9.17) is 10.7 Å². The number of esters is 1. The molecule has 1 aromatic carbocycles. The summed E-state index contributed by atoms with van der Waals surface area (Å²) in [5.74, 6) is -0.722. The Morgan fingerprint density at radius 1 is 1.44 bits per heavy atom. The molecule has 0 bridgehead atoms. The fraction of sp³-hybridized carbons (Fsp3) is 0.111. The predicted octanol–water partition coefficient (Wildman–Crippen LogP) is 1.21. The highest BCUT2D eigenvalue weighted by atomic mass is 35.7. The molecule has 1 rings (SSSR count). The van der Waals surface area contributed by atoms with Gasteiger partial charge in [0.1, 0.15) is 0 Å². The van der Waals surface area contributed by atoms with Gasteiger partial charge in [-0.05, 0) is 18.2 Å². The third kappa shape index (κ3) is 2.59. The number of hydrogen-bond donors (Lipinski definition) is 0. The monoisotopic (exact) mass is 262 g/mol. The largest absolute Gasteiger partial charge is 0.465 e. The first-order valence-electron chi connectivity index (χ1n) is 4.02. The second kappa shape index (κ2) is 4.63. The highest BCUT2D eigenvalue weighted by Crippen LogP contribution is 2.19. The van der Waals surface area contributed by atoms with E-state index in [0.717, 1.165) is 19.2 Å². The van der Waals surface area contributed by atoms with Crippen LogP contribution < -0.4 is 0 Å². The van der Waals surface area contributed by atoms with Gasteiger partial charge in [-0.1, -0.05) is 0 Å². The molecule has 7 heteroatoms. The van der Waals surface area contributed by atoms with E-state index in [1.165, 1.54) is 6.07 Å². The number of carbonyl (C=O) groups excluding carboxylic acids is 2. The maximum atomic E-state index is 11.2. The third-order valence-corrected chi connectivity index (χ3v) is 3.19. The van der Waals surface area contributed by atoms with Crippen molar-refractivity contribution in [3.05, 3.63) is 29.3 Å². The predicted molar refractivity (Wildman–Crippen MR) is 56.2 cm³/mol. The minimum absolute atomic E-state index is 0.0124. The van der Waals surface area contributed by atoms with Crippen LogP contribution in [0.4, 0.5) is 0 Å². The van der Waals surface area contributed by atoms with E-state index < -0.39 is 15.0 Å². The molecule has 0 saturated carbocycles. The Kier molecular flexibility index (Phi) is 3.66. The van der Waals surface area contributed by atoms with Crippen molar-refractivity contribution in [2.75, 3.05) is 7.11 Å².